The van der Waals surface area contributed by atoms with Crippen LogP contribution in [-0.4, -0.2) is 6.54 Å². The zero-order chi connectivity index (χ0) is 15.2. The average Bonchev–Trinajstić information content (AvgIpc) is 2.49. The molecule has 2 aromatic rings. The first-order valence-corrected chi connectivity index (χ1v) is 8.19. The Hall–Kier alpha value is -1.02. The van der Waals surface area contributed by atoms with Gasteiger partial charge in [0, 0.05) is 10.0 Å². The second-order valence-corrected chi connectivity index (χ2v) is 5.95. The molecule has 0 aliphatic rings. The van der Waals surface area contributed by atoms with Crippen molar-refractivity contribution >= 4 is 23.2 Å². The third-order valence-electron chi connectivity index (χ3n) is 3.62. The summed E-state index contributed by atoms with van der Waals surface area (Å²) >= 11 is 12.4. The number of benzene rings is 2. The van der Waals surface area contributed by atoms with Gasteiger partial charge in [-0.3, -0.25) is 0 Å². The molecule has 1 nitrogen and oxygen atoms in total. The molecule has 1 N–H and O–H groups in total. The number of hydrogen-bond acceptors (Lipinski definition) is 1. The van der Waals surface area contributed by atoms with Crippen molar-refractivity contribution in [3.63, 3.8) is 0 Å². The summed E-state index contributed by atoms with van der Waals surface area (Å²) in [5.74, 6) is 0. The van der Waals surface area contributed by atoms with Crippen LogP contribution < -0.4 is 5.32 Å². The highest BCUT2D eigenvalue weighted by Gasteiger charge is 2.18. The Labute approximate surface area is 137 Å². The number of nitrogens with one attached hydrogen (secondary N) is 1. The molecule has 1 unspecified atom stereocenters. The van der Waals surface area contributed by atoms with E-state index in [4.69, 9.17) is 23.2 Å². The van der Waals surface area contributed by atoms with Crippen molar-refractivity contribution in [1.29, 1.82) is 0 Å². The molecule has 2 aromatic carbocycles. The molecule has 0 aliphatic heterocycles. The molecule has 0 aliphatic carbocycles. The van der Waals surface area contributed by atoms with Crippen LogP contribution in [0.2, 0.25) is 10.0 Å². The van der Waals surface area contributed by atoms with Crippen molar-refractivity contribution in [2.24, 2.45) is 0 Å². The third-order valence-corrected chi connectivity index (χ3v) is 4.18. The quantitative estimate of drug-likeness (QED) is 0.725. The maximum absolute atomic E-state index is 6.42. The number of halogens is 2. The molecule has 2 rings (SSSR count). The molecule has 0 saturated heterocycles. The van der Waals surface area contributed by atoms with Gasteiger partial charge in [0.05, 0.1) is 6.04 Å². The van der Waals surface area contributed by atoms with Crippen LogP contribution in [0.4, 0.5) is 0 Å². The normalized spacial score (nSPS) is 12.4. The van der Waals surface area contributed by atoms with Gasteiger partial charge in [0.25, 0.3) is 0 Å². The molecule has 0 bridgehead atoms. The van der Waals surface area contributed by atoms with Gasteiger partial charge >= 0.3 is 0 Å². The standard InChI is InChI=1S/C18H21Cl2N/c1-3-11-21-18(15-8-6-5-7-13(15)4-2)16-10-9-14(19)12-17(16)20/h5-10,12,18,21H,3-4,11H2,1-2H3. The number of rotatable bonds is 6. The van der Waals surface area contributed by atoms with E-state index in [1.165, 1.54) is 11.1 Å². The van der Waals surface area contributed by atoms with Crippen LogP contribution in [-0.2, 0) is 6.42 Å². The predicted molar refractivity (Wildman–Crippen MR) is 92.4 cm³/mol. The van der Waals surface area contributed by atoms with Crippen LogP contribution in [0.5, 0.6) is 0 Å². The lowest BCUT2D eigenvalue weighted by molar-refractivity contribution is 0.595. The fourth-order valence-corrected chi connectivity index (χ4v) is 3.07. The van der Waals surface area contributed by atoms with E-state index in [9.17, 15) is 0 Å². The largest absolute Gasteiger partial charge is 0.306 e. The van der Waals surface area contributed by atoms with Crippen LogP contribution in [0, 0.1) is 0 Å². The minimum atomic E-state index is 0.103. The van der Waals surface area contributed by atoms with Gasteiger partial charge < -0.3 is 5.32 Å². The fourth-order valence-electron chi connectivity index (χ4n) is 2.55. The Balaban J connectivity index is 2.47. The number of aryl methyl sites for hydroxylation is 1. The summed E-state index contributed by atoms with van der Waals surface area (Å²) in [5, 5.41) is 4.99. The van der Waals surface area contributed by atoms with Gasteiger partial charge in [0.15, 0.2) is 0 Å². The summed E-state index contributed by atoms with van der Waals surface area (Å²) in [5.41, 5.74) is 3.71. The first kappa shape index (κ1) is 16.4. The first-order valence-electron chi connectivity index (χ1n) is 7.43. The lowest BCUT2D eigenvalue weighted by Gasteiger charge is -2.23. The van der Waals surface area contributed by atoms with Crippen LogP contribution in [0.15, 0.2) is 42.5 Å². The topological polar surface area (TPSA) is 12.0 Å². The predicted octanol–water partition coefficient (Wildman–Crippen LogP) is 5.64. The minimum absolute atomic E-state index is 0.103. The summed E-state index contributed by atoms with van der Waals surface area (Å²) in [4.78, 5) is 0. The smallest absolute Gasteiger partial charge is 0.0594 e. The highest BCUT2D eigenvalue weighted by molar-refractivity contribution is 6.35. The van der Waals surface area contributed by atoms with E-state index in [1.54, 1.807) is 0 Å². The van der Waals surface area contributed by atoms with Crippen molar-refractivity contribution in [3.05, 3.63) is 69.2 Å². The number of hydrogen-bond donors (Lipinski definition) is 1. The summed E-state index contributed by atoms with van der Waals surface area (Å²) < 4.78 is 0. The highest BCUT2D eigenvalue weighted by Crippen LogP contribution is 2.32. The monoisotopic (exact) mass is 321 g/mol. The highest BCUT2D eigenvalue weighted by atomic mass is 35.5. The SMILES string of the molecule is CCCNC(c1ccc(Cl)cc1Cl)c1ccccc1CC. The Kier molecular flexibility index (Phi) is 6.10. The summed E-state index contributed by atoms with van der Waals surface area (Å²) in [6.07, 6.45) is 2.09. The Bertz CT molecular complexity index is 596. The van der Waals surface area contributed by atoms with Gasteiger partial charge in [-0.25, -0.2) is 0 Å². The molecule has 0 spiro atoms. The molecular formula is C18H21Cl2N. The fraction of sp³-hybridized carbons (Fsp3) is 0.333. The zero-order valence-corrected chi connectivity index (χ0v) is 14.0. The van der Waals surface area contributed by atoms with Crippen molar-refractivity contribution in [2.45, 2.75) is 32.7 Å². The van der Waals surface area contributed by atoms with Crippen LogP contribution >= 0.6 is 23.2 Å². The first-order chi connectivity index (χ1) is 10.2. The van der Waals surface area contributed by atoms with Gasteiger partial charge in [0.2, 0.25) is 0 Å². The Morgan fingerprint density at radius 2 is 1.76 bits per heavy atom. The molecule has 112 valence electrons. The molecule has 0 radical (unpaired) electrons. The summed E-state index contributed by atoms with van der Waals surface area (Å²) in [7, 11) is 0. The van der Waals surface area contributed by atoms with Gasteiger partial charge in [-0.1, -0.05) is 67.4 Å². The van der Waals surface area contributed by atoms with Crippen LogP contribution in [0.3, 0.4) is 0 Å². The van der Waals surface area contributed by atoms with Gasteiger partial charge in [-0.05, 0) is 48.2 Å². The molecule has 0 saturated carbocycles. The van der Waals surface area contributed by atoms with Crippen LogP contribution in [0.25, 0.3) is 0 Å². The molecule has 0 heterocycles. The average molecular weight is 322 g/mol. The van der Waals surface area contributed by atoms with E-state index in [2.05, 4.69) is 43.4 Å². The Morgan fingerprint density at radius 3 is 2.43 bits per heavy atom. The van der Waals surface area contributed by atoms with E-state index < -0.39 is 0 Å². The van der Waals surface area contributed by atoms with Gasteiger partial charge in [-0.2, -0.15) is 0 Å². The third kappa shape index (κ3) is 4.00. The molecule has 1 atom stereocenters. The minimum Gasteiger partial charge on any atom is -0.306 e. The van der Waals surface area contributed by atoms with Crippen molar-refractivity contribution in [2.75, 3.05) is 6.54 Å². The maximum Gasteiger partial charge on any atom is 0.0594 e. The molecule has 0 aromatic heterocycles. The molecule has 21 heavy (non-hydrogen) atoms. The summed E-state index contributed by atoms with van der Waals surface area (Å²) in [6.45, 7) is 5.29. The van der Waals surface area contributed by atoms with E-state index in [-0.39, 0.29) is 6.04 Å². The van der Waals surface area contributed by atoms with Gasteiger partial charge in [0.1, 0.15) is 0 Å². The second-order valence-electron chi connectivity index (χ2n) is 5.11. The van der Waals surface area contributed by atoms with E-state index in [1.807, 2.05) is 18.2 Å². The van der Waals surface area contributed by atoms with Crippen molar-refractivity contribution in [1.82, 2.24) is 5.32 Å². The van der Waals surface area contributed by atoms with Crippen molar-refractivity contribution in [3.8, 4) is 0 Å². The summed E-state index contributed by atoms with van der Waals surface area (Å²) in [6, 6.07) is 14.4. The van der Waals surface area contributed by atoms with E-state index in [0.29, 0.717) is 10.0 Å². The van der Waals surface area contributed by atoms with E-state index >= 15 is 0 Å². The Morgan fingerprint density at radius 1 is 1.00 bits per heavy atom. The molecular weight excluding hydrogens is 301 g/mol. The zero-order valence-electron chi connectivity index (χ0n) is 12.5. The maximum atomic E-state index is 6.42. The molecule has 0 amide bonds. The molecule has 0 fully saturated rings. The second kappa shape index (κ2) is 7.84. The van der Waals surface area contributed by atoms with Crippen molar-refractivity contribution < 1.29 is 0 Å². The molecule has 3 heteroatoms. The van der Waals surface area contributed by atoms with E-state index in [0.717, 1.165) is 24.9 Å². The van der Waals surface area contributed by atoms with Crippen LogP contribution in [0.1, 0.15) is 43.0 Å². The lowest BCUT2D eigenvalue weighted by atomic mass is 9.93. The lowest BCUT2D eigenvalue weighted by Crippen LogP contribution is -2.24. The van der Waals surface area contributed by atoms with Gasteiger partial charge in [-0.15, -0.1) is 0 Å².